The molecule has 0 aliphatic rings. The van der Waals surface area contributed by atoms with Crippen molar-refractivity contribution in [1.82, 2.24) is 0 Å². The summed E-state index contributed by atoms with van der Waals surface area (Å²) in [5.41, 5.74) is 0. The molecule has 0 aliphatic heterocycles. The number of aliphatic hydroxyl groups excluding tert-OH is 1. The van der Waals surface area contributed by atoms with Crippen molar-refractivity contribution in [3.05, 3.63) is 36.4 Å². The van der Waals surface area contributed by atoms with Gasteiger partial charge in [-0.3, -0.25) is 0 Å². The van der Waals surface area contributed by atoms with Gasteiger partial charge in [-0.2, -0.15) is 0 Å². The van der Waals surface area contributed by atoms with Gasteiger partial charge in [0.15, 0.2) is 0 Å². The van der Waals surface area contributed by atoms with Gasteiger partial charge in [0, 0.05) is 17.9 Å². The second-order valence-corrected chi connectivity index (χ2v) is 4.94. The van der Waals surface area contributed by atoms with Crippen molar-refractivity contribution in [1.29, 1.82) is 0 Å². The predicted octanol–water partition coefficient (Wildman–Crippen LogP) is 2.84. The third kappa shape index (κ3) is 4.24. The molecule has 0 saturated heterocycles. The van der Waals surface area contributed by atoms with E-state index < -0.39 is 6.10 Å². The Kier molecular flexibility index (Phi) is 6.11. The Balaban J connectivity index is 2.21. The Morgan fingerprint density at radius 3 is 2.19 bits per heavy atom. The first-order valence-corrected chi connectivity index (χ1v) is 7.30. The zero-order chi connectivity index (χ0) is 15.1. The molecule has 1 N–H and O–H groups in total. The minimum Gasteiger partial charge on any atom is -0.492 e. The third-order valence-corrected chi connectivity index (χ3v) is 3.12. The summed E-state index contributed by atoms with van der Waals surface area (Å²) in [6.45, 7) is 0.882. The zero-order valence-electron chi connectivity index (χ0n) is 11.9. The Hall–Kier alpha value is -1.49. The molecule has 2 rings (SSSR count). The van der Waals surface area contributed by atoms with Crippen molar-refractivity contribution < 1.29 is 19.3 Å². The average Bonchev–Trinajstić information content (AvgIpc) is 2.51. The summed E-state index contributed by atoms with van der Waals surface area (Å²) in [5, 5.41) is 11.6. The summed E-state index contributed by atoms with van der Waals surface area (Å²) in [4.78, 5) is 0. The van der Waals surface area contributed by atoms with Crippen LogP contribution in [0.1, 0.15) is 0 Å². The van der Waals surface area contributed by atoms with E-state index in [0.717, 1.165) is 16.5 Å². The van der Waals surface area contributed by atoms with E-state index in [1.807, 2.05) is 36.4 Å². The van der Waals surface area contributed by atoms with Crippen LogP contribution in [0.25, 0.3) is 10.8 Å². The Morgan fingerprint density at radius 2 is 1.62 bits per heavy atom. The highest BCUT2D eigenvalue weighted by molar-refractivity contribution is 6.18. The lowest BCUT2D eigenvalue weighted by Crippen LogP contribution is -2.22. The fourth-order valence-electron chi connectivity index (χ4n) is 2.07. The van der Waals surface area contributed by atoms with Crippen LogP contribution in [0.2, 0.25) is 0 Å². The maximum atomic E-state index is 9.66. The van der Waals surface area contributed by atoms with Crippen LogP contribution >= 0.6 is 11.6 Å². The summed E-state index contributed by atoms with van der Waals surface area (Å²) in [6.07, 6.45) is -0.652. The molecule has 0 bridgehead atoms. The molecule has 2 aromatic carbocycles. The van der Waals surface area contributed by atoms with Gasteiger partial charge in [0.1, 0.15) is 30.8 Å². The topological polar surface area (TPSA) is 47.9 Å². The highest BCUT2D eigenvalue weighted by Gasteiger charge is 2.10. The molecule has 4 nitrogen and oxygen atoms in total. The molecule has 0 amide bonds. The second kappa shape index (κ2) is 8.08. The second-order valence-electron chi connectivity index (χ2n) is 4.57. The van der Waals surface area contributed by atoms with E-state index in [9.17, 15) is 5.11 Å². The molecule has 21 heavy (non-hydrogen) atoms. The summed E-state index contributed by atoms with van der Waals surface area (Å²) in [6, 6.07) is 11.5. The van der Waals surface area contributed by atoms with Crippen LogP contribution in [0.4, 0.5) is 0 Å². The van der Waals surface area contributed by atoms with Crippen molar-refractivity contribution in [3.63, 3.8) is 0 Å². The van der Waals surface area contributed by atoms with Crippen LogP contribution in [0.5, 0.6) is 11.5 Å². The number of benzene rings is 2. The van der Waals surface area contributed by atoms with Gasteiger partial charge in [-0.25, -0.2) is 0 Å². The lowest BCUT2D eigenvalue weighted by atomic mass is 10.1. The summed E-state index contributed by atoms with van der Waals surface area (Å²) in [7, 11) is 1.54. The van der Waals surface area contributed by atoms with E-state index >= 15 is 0 Å². The molecule has 0 aliphatic carbocycles. The predicted molar refractivity (Wildman–Crippen MR) is 83.5 cm³/mol. The Labute approximate surface area is 129 Å². The zero-order valence-corrected chi connectivity index (χ0v) is 12.7. The van der Waals surface area contributed by atoms with E-state index in [4.69, 9.17) is 25.8 Å². The summed E-state index contributed by atoms with van der Waals surface area (Å²) < 4.78 is 16.2. The van der Waals surface area contributed by atoms with Gasteiger partial charge < -0.3 is 19.3 Å². The number of halogens is 1. The molecule has 1 atom stereocenters. The van der Waals surface area contributed by atoms with E-state index in [1.165, 1.54) is 0 Å². The van der Waals surface area contributed by atoms with Crippen LogP contribution in [0, 0.1) is 0 Å². The maximum Gasteiger partial charge on any atom is 0.127 e. The quantitative estimate of drug-likeness (QED) is 0.762. The molecule has 0 fully saturated rings. The van der Waals surface area contributed by atoms with Gasteiger partial charge in [-0.15, -0.1) is 11.6 Å². The molecule has 0 saturated carbocycles. The number of fused-ring (bicyclic) bond motifs is 1. The van der Waals surface area contributed by atoms with E-state index in [2.05, 4.69) is 0 Å². The number of alkyl halides is 1. The van der Waals surface area contributed by atoms with E-state index in [0.29, 0.717) is 18.2 Å². The van der Waals surface area contributed by atoms with Crippen LogP contribution in [0.3, 0.4) is 0 Å². The fourth-order valence-corrected chi connectivity index (χ4v) is 2.15. The highest BCUT2D eigenvalue weighted by Crippen LogP contribution is 2.33. The normalized spacial score (nSPS) is 12.3. The number of hydrogen-bond donors (Lipinski definition) is 1. The first kappa shape index (κ1) is 15.9. The molecule has 0 radical (unpaired) electrons. The molecular weight excluding hydrogens is 292 g/mol. The Morgan fingerprint density at radius 1 is 1.00 bits per heavy atom. The van der Waals surface area contributed by atoms with Crippen LogP contribution in [-0.2, 0) is 4.74 Å². The summed E-state index contributed by atoms with van der Waals surface area (Å²) in [5.74, 6) is 1.92. The van der Waals surface area contributed by atoms with Crippen molar-refractivity contribution in [2.24, 2.45) is 0 Å². The molecule has 0 heterocycles. The third-order valence-electron chi connectivity index (χ3n) is 2.97. The number of methoxy groups -OCH3 is 1. The van der Waals surface area contributed by atoms with Gasteiger partial charge in [0.2, 0.25) is 0 Å². The van der Waals surface area contributed by atoms with Gasteiger partial charge in [-0.05, 0) is 12.1 Å². The SMILES string of the molecule is COCC(O)COc1ccc(OCCCl)c2ccccc12. The molecular formula is C16H19ClO4. The number of aliphatic hydroxyl groups is 1. The standard InChI is InChI=1S/C16H19ClO4/c1-19-10-12(18)11-21-16-7-6-15(20-9-8-17)13-4-2-3-5-14(13)16/h2-7,12,18H,8-11H2,1H3. The smallest absolute Gasteiger partial charge is 0.127 e. The van der Waals surface area contributed by atoms with Gasteiger partial charge >= 0.3 is 0 Å². The van der Waals surface area contributed by atoms with Crippen LogP contribution < -0.4 is 9.47 Å². The number of hydrogen-bond acceptors (Lipinski definition) is 4. The molecule has 1 unspecified atom stereocenters. The van der Waals surface area contributed by atoms with Gasteiger partial charge in [-0.1, -0.05) is 24.3 Å². The molecule has 0 spiro atoms. The van der Waals surface area contributed by atoms with Crippen molar-refractivity contribution in [2.75, 3.05) is 32.8 Å². The molecule has 5 heteroatoms. The van der Waals surface area contributed by atoms with Gasteiger partial charge in [0.25, 0.3) is 0 Å². The van der Waals surface area contributed by atoms with E-state index in [-0.39, 0.29) is 13.2 Å². The number of ether oxygens (including phenoxy) is 3. The van der Waals surface area contributed by atoms with Crippen LogP contribution in [0.15, 0.2) is 36.4 Å². The van der Waals surface area contributed by atoms with Crippen molar-refractivity contribution in [3.8, 4) is 11.5 Å². The molecule has 0 aromatic heterocycles. The lowest BCUT2D eigenvalue weighted by Gasteiger charge is -2.15. The lowest BCUT2D eigenvalue weighted by molar-refractivity contribution is 0.0329. The largest absolute Gasteiger partial charge is 0.492 e. The first-order chi connectivity index (χ1) is 10.3. The minimum absolute atomic E-state index is 0.180. The van der Waals surface area contributed by atoms with E-state index in [1.54, 1.807) is 7.11 Å². The monoisotopic (exact) mass is 310 g/mol. The first-order valence-electron chi connectivity index (χ1n) is 6.76. The average molecular weight is 311 g/mol. The summed E-state index contributed by atoms with van der Waals surface area (Å²) >= 11 is 5.66. The van der Waals surface area contributed by atoms with Crippen LogP contribution in [-0.4, -0.2) is 44.0 Å². The fraction of sp³-hybridized carbons (Fsp3) is 0.375. The Bertz CT molecular complexity index is 573. The molecule has 114 valence electrons. The molecule has 2 aromatic rings. The highest BCUT2D eigenvalue weighted by atomic mass is 35.5. The van der Waals surface area contributed by atoms with Crippen molar-refractivity contribution in [2.45, 2.75) is 6.10 Å². The minimum atomic E-state index is -0.652. The maximum absolute atomic E-state index is 9.66. The van der Waals surface area contributed by atoms with Gasteiger partial charge in [0.05, 0.1) is 12.5 Å². The van der Waals surface area contributed by atoms with Crippen molar-refractivity contribution >= 4 is 22.4 Å². The number of rotatable bonds is 8.